The average Bonchev–Trinajstić information content (AvgIpc) is 3.32. The fraction of sp³-hybridized carbons (Fsp3) is 0.444. The van der Waals surface area contributed by atoms with Crippen LogP contribution >= 0.6 is 24.0 Å². The van der Waals surface area contributed by atoms with Crippen LogP contribution in [-0.4, -0.2) is 42.5 Å². The molecule has 0 bridgehead atoms. The number of H-pyrrole nitrogens is 1. The Labute approximate surface area is 169 Å². The number of aliphatic imine (C=N–C) groups is 1. The van der Waals surface area contributed by atoms with Crippen molar-refractivity contribution in [3.8, 4) is 0 Å². The molecule has 0 atom stereocenters. The number of fused-ring (bicyclic) bond motifs is 1. The standard InChI is InChI=1S/C18H24FN5O.HI/c1-2-20-18(23-11-17(25)24-14-4-5-14)21-8-7-12-10-22-16-6-3-13(19)9-15(12)16;/h3,6,9-10,14,22H,2,4-5,7-8,11H2,1H3,(H,24,25)(H2,20,21,23);1H. The summed E-state index contributed by atoms with van der Waals surface area (Å²) >= 11 is 0. The van der Waals surface area contributed by atoms with Gasteiger partial charge < -0.3 is 20.9 Å². The van der Waals surface area contributed by atoms with Crippen molar-refractivity contribution in [3.05, 3.63) is 35.8 Å². The van der Waals surface area contributed by atoms with Crippen LogP contribution in [-0.2, 0) is 11.2 Å². The summed E-state index contributed by atoms with van der Waals surface area (Å²) in [6, 6.07) is 5.08. The largest absolute Gasteiger partial charge is 0.361 e. The van der Waals surface area contributed by atoms with E-state index in [9.17, 15) is 9.18 Å². The Morgan fingerprint density at radius 1 is 1.35 bits per heavy atom. The highest BCUT2D eigenvalue weighted by molar-refractivity contribution is 14.0. The lowest BCUT2D eigenvalue weighted by Gasteiger charge is -2.11. The maximum atomic E-state index is 13.4. The van der Waals surface area contributed by atoms with E-state index >= 15 is 0 Å². The molecule has 2 aromatic rings. The van der Waals surface area contributed by atoms with Gasteiger partial charge in [-0.25, -0.2) is 9.38 Å². The number of rotatable bonds is 7. The normalized spacial score (nSPS) is 14.0. The molecule has 1 aliphatic carbocycles. The molecule has 26 heavy (non-hydrogen) atoms. The average molecular weight is 473 g/mol. The molecule has 1 aromatic heterocycles. The number of benzene rings is 1. The van der Waals surface area contributed by atoms with E-state index in [-0.39, 0.29) is 42.2 Å². The van der Waals surface area contributed by atoms with Crippen molar-refractivity contribution in [2.45, 2.75) is 32.2 Å². The van der Waals surface area contributed by atoms with Crippen molar-refractivity contribution in [2.75, 3.05) is 19.6 Å². The minimum atomic E-state index is -0.238. The van der Waals surface area contributed by atoms with Gasteiger partial charge >= 0.3 is 0 Å². The van der Waals surface area contributed by atoms with Gasteiger partial charge in [-0.2, -0.15) is 0 Å². The molecule has 0 radical (unpaired) electrons. The zero-order chi connectivity index (χ0) is 17.6. The van der Waals surface area contributed by atoms with Crippen molar-refractivity contribution in [1.29, 1.82) is 0 Å². The molecule has 1 aliphatic rings. The zero-order valence-corrected chi connectivity index (χ0v) is 17.1. The van der Waals surface area contributed by atoms with E-state index in [1.54, 1.807) is 12.1 Å². The van der Waals surface area contributed by atoms with E-state index < -0.39 is 0 Å². The Balaban J connectivity index is 0.00000243. The Kier molecular flexibility index (Phi) is 7.67. The highest BCUT2D eigenvalue weighted by Crippen LogP contribution is 2.19. The van der Waals surface area contributed by atoms with E-state index in [0.717, 1.165) is 35.7 Å². The molecular weight excluding hydrogens is 448 g/mol. The third kappa shape index (κ3) is 5.86. The summed E-state index contributed by atoms with van der Waals surface area (Å²) < 4.78 is 13.4. The first-order valence-corrected chi connectivity index (χ1v) is 8.72. The van der Waals surface area contributed by atoms with E-state index in [0.29, 0.717) is 25.1 Å². The van der Waals surface area contributed by atoms with Crippen LogP contribution in [0.4, 0.5) is 4.39 Å². The highest BCUT2D eigenvalue weighted by atomic mass is 127. The van der Waals surface area contributed by atoms with Crippen LogP contribution in [0.1, 0.15) is 25.3 Å². The molecule has 1 aromatic carbocycles. The Hall–Kier alpha value is -1.84. The van der Waals surface area contributed by atoms with Gasteiger partial charge in [0.15, 0.2) is 5.96 Å². The summed E-state index contributed by atoms with van der Waals surface area (Å²) in [6.45, 7) is 3.45. The summed E-state index contributed by atoms with van der Waals surface area (Å²) in [5.74, 6) is 0.323. The van der Waals surface area contributed by atoms with Crippen molar-refractivity contribution in [1.82, 2.24) is 20.9 Å². The molecule has 0 unspecified atom stereocenters. The Bertz CT molecular complexity index is 772. The number of amides is 1. The lowest BCUT2D eigenvalue weighted by atomic mass is 10.1. The topological polar surface area (TPSA) is 81.3 Å². The summed E-state index contributed by atoms with van der Waals surface area (Å²) in [5, 5.41) is 10.1. The second-order valence-corrected chi connectivity index (χ2v) is 6.22. The SMILES string of the molecule is CCNC(=NCC(=O)NC1CC1)NCCc1c[nH]c2ccc(F)cc12.I. The number of aromatic amines is 1. The highest BCUT2D eigenvalue weighted by Gasteiger charge is 2.22. The Morgan fingerprint density at radius 3 is 2.88 bits per heavy atom. The van der Waals surface area contributed by atoms with Gasteiger partial charge in [0, 0.05) is 36.2 Å². The van der Waals surface area contributed by atoms with Gasteiger partial charge in [0.25, 0.3) is 0 Å². The van der Waals surface area contributed by atoms with Gasteiger partial charge in [-0.3, -0.25) is 4.79 Å². The lowest BCUT2D eigenvalue weighted by Crippen LogP contribution is -2.39. The molecule has 6 nitrogen and oxygen atoms in total. The number of hydrogen-bond donors (Lipinski definition) is 4. The van der Waals surface area contributed by atoms with Crippen LogP contribution in [0.3, 0.4) is 0 Å². The van der Waals surface area contributed by atoms with Crippen molar-refractivity contribution in [3.63, 3.8) is 0 Å². The van der Waals surface area contributed by atoms with Gasteiger partial charge in [0.2, 0.25) is 5.91 Å². The number of guanidine groups is 1. The van der Waals surface area contributed by atoms with Crippen LogP contribution in [0.25, 0.3) is 10.9 Å². The quantitative estimate of drug-likeness (QED) is 0.283. The second-order valence-electron chi connectivity index (χ2n) is 6.22. The molecule has 0 aliphatic heterocycles. The summed E-state index contributed by atoms with van der Waals surface area (Å²) in [5.41, 5.74) is 1.97. The predicted octanol–water partition coefficient (Wildman–Crippen LogP) is 2.30. The van der Waals surface area contributed by atoms with E-state index in [1.165, 1.54) is 6.07 Å². The van der Waals surface area contributed by atoms with Gasteiger partial charge in [-0.15, -0.1) is 24.0 Å². The van der Waals surface area contributed by atoms with Crippen LogP contribution < -0.4 is 16.0 Å². The maximum Gasteiger partial charge on any atom is 0.242 e. The molecule has 8 heteroatoms. The maximum absolute atomic E-state index is 13.4. The summed E-state index contributed by atoms with van der Waals surface area (Å²) in [4.78, 5) is 19.2. The summed E-state index contributed by atoms with van der Waals surface area (Å²) in [7, 11) is 0. The molecule has 1 fully saturated rings. The monoisotopic (exact) mass is 473 g/mol. The number of hydrogen-bond acceptors (Lipinski definition) is 2. The van der Waals surface area contributed by atoms with Crippen molar-refractivity contribution in [2.24, 2.45) is 4.99 Å². The molecule has 1 heterocycles. The number of carbonyl (C=O) groups is 1. The first-order chi connectivity index (χ1) is 12.2. The molecule has 3 rings (SSSR count). The van der Waals surface area contributed by atoms with E-state index in [1.807, 2.05) is 13.1 Å². The van der Waals surface area contributed by atoms with Crippen LogP contribution in [0, 0.1) is 5.82 Å². The first-order valence-electron chi connectivity index (χ1n) is 8.72. The molecule has 1 amide bonds. The van der Waals surface area contributed by atoms with Crippen LogP contribution in [0.5, 0.6) is 0 Å². The van der Waals surface area contributed by atoms with Gasteiger partial charge in [-0.05, 0) is 49.9 Å². The second kappa shape index (κ2) is 9.75. The number of carbonyl (C=O) groups excluding carboxylic acids is 1. The first kappa shape index (κ1) is 20.5. The number of nitrogens with zero attached hydrogens (tertiary/aromatic N) is 1. The van der Waals surface area contributed by atoms with Gasteiger partial charge in [0.1, 0.15) is 12.4 Å². The van der Waals surface area contributed by atoms with E-state index in [4.69, 9.17) is 0 Å². The molecular formula is C18H25FIN5O. The third-order valence-corrected chi connectivity index (χ3v) is 4.08. The predicted molar refractivity (Wildman–Crippen MR) is 113 cm³/mol. The number of nitrogens with one attached hydrogen (secondary N) is 4. The van der Waals surface area contributed by atoms with Crippen LogP contribution in [0.15, 0.2) is 29.4 Å². The van der Waals surface area contributed by atoms with Crippen LogP contribution in [0.2, 0.25) is 0 Å². The number of halogens is 2. The van der Waals surface area contributed by atoms with Gasteiger partial charge in [0.05, 0.1) is 0 Å². The fourth-order valence-electron chi connectivity index (χ4n) is 2.67. The minimum absolute atomic E-state index is 0. The zero-order valence-electron chi connectivity index (χ0n) is 14.8. The molecule has 4 N–H and O–H groups in total. The van der Waals surface area contributed by atoms with Crippen molar-refractivity contribution < 1.29 is 9.18 Å². The summed E-state index contributed by atoms with van der Waals surface area (Å²) in [6.07, 6.45) is 4.76. The molecule has 0 spiro atoms. The van der Waals surface area contributed by atoms with E-state index in [2.05, 4.69) is 25.9 Å². The number of aromatic nitrogens is 1. The molecule has 0 saturated heterocycles. The molecule has 1 saturated carbocycles. The van der Waals surface area contributed by atoms with Crippen molar-refractivity contribution >= 4 is 46.7 Å². The third-order valence-electron chi connectivity index (χ3n) is 4.08. The smallest absolute Gasteiger partial charge is 0.242 e. The lowest BCUT2D eigenvalue weighted by molar-refractivity contribution is -0.119. The minimum Gasteiger partial charge on any atom is -0.361 e. The Morgan fingerprint density at radius 2 is 2.15 bits per heavy atom. The molecule has 142 valence electrons. The fourth-order valence-corrected chi connectivity index (χ4v) is 2.67. The van der Waals surface area contributed by atoms with Gasteiger partial charge in [-0.1, -0.05) is 0 Å².